The molecule has 0 saturated carbocycles. The molecule has 15 heavy (non-hydrogen) atoms. The predicted octanol–water partition coefficient (Wildman–Crippen LogP) is 0.108. The summed E-state index contributed by atoms with van der Waals surface area (Å²) in [5, 5.41) is 0. The summed E-state index contributed by atoms with van der Waals surface area (Å²) in [5.74, 6) is 0. The van der Waals surface area contributed by atoms with E-state index in [4.69, 9.17) is 10.5 Å². The first-order chi connectivity index (χ1) is 7.09. The number of rotatable bonds is 4. The van der Waals surface area contributed by atoms with Gasteiger partial charge in [0, 0.05) is 12.6 Å². The molecule has 5 heteroatoms. The highest BCUT2D eigenvalue weighted by molar-refractivity contribution is 5.64. The first kappa shape index (κ1) is 12.3. The van der Waals surface area contributed by atoms with Crippen LogP contribution in [0.5, 0.6) is 0 Å². The lowest BCUT2D eigenvalue weighted by molar-refractivity contribution is 0.107. The Labute approximate surface area is 91.2 Å². The zero-order chi connectivity index (χ0) is 11.3. The number of primary amides is 1. The Morgan fingerprint density at radius 3 is 2.53 bits per heavy atom. The number of nitrogens with two attached hydrogens (primary N) is 1. The third-order valence-electron chi connectivity index (χ3n) is 2.94. The number of piperidine rings is 1. The van der Waals surface area contributed by atoms with Gasteiger partial charge in [0.05, 0.1) is 0 Å². The van der Waals surface area contributed by atoms with Crippen molar-refractivity contribution in [2.75, 3.05) is 40.3 Å². The van der Waals surface area contributed by atoms with Crippen LogP contribution in [0.4, 0.5) is 4.79 Å². The van der Waals surface area contributed by atoms with Crippen LogP contribution >= 0.6 is 0 Å². The number of hydrogen-bond donors (Lipinski definition) is 1. The van der Waals surface area contributed by atoms with Gasteiger partial charge in [-0.3, -0.25) is 4.90 Å². The van der Waals surface area contributed by atoms with Crippen molar-refractivity contribution in [3.63, 3.8) is 0 Å². The second kappa shape index (κ2) is 5.92. The average Bonchev–Trinajstić information content (AvgIpc) is 2.18. The highest BCUT2D eigenvalue weighted by Crippen LogP contribution is 2.13. The zero-order valence-corrected chi connectivity index (χ0v) is 9.61. The first-order valence-electron chi connectivity index (χ1n) is 5.40. The smallest absolute Gasteiger partial charge is 0.404 e. The van der Waals surface area contributed by atoms with E-state index >= 15 is 0 Å². The lowest BCUT2D eigenvalue weighted by Crippen LogP contribution is -2.43. The molecule has 0 aliphatic carbocycles. The van der Waals surface area contributed by atoms with E-state index < -0.39 is 6.09 Å². The van der Waals surface area contributed by atoms with E-state index in [-0.39, 0.29) is 0 Å². The molecule has 0 spiro atoms. The van der Waals surface area contributed by atoms with Crippen LogP contribution in [0, 0.1) is 0 Å². The van der Waals surface area contributed by atoms with Crippen LogP contribution in [0.1, 0.15) is 12.8 Å². The first-order valence-corrected chi connectivity index (χ1v) is 5.40. The monoisotopic (exact) mass is 215 g/mol. The number of amides is 1. The summed E-state index contributed by atoms with van der Waals surface area (Å²) in [4.78, 5) is 14.9. The lowest BCUT2D eigenvalue weighted by atomic mass is 10.0. The third-order valence-corrected chi connectivity index (χ3v) is 2.94. The van der Waals surface area contributed by atoms with Crippen molar-refractivity contribution in [2.24, 2.45) is 5.73 Å². The molecule has 0 unspecified atom stereocenters. The Hall–Kier alpha value is -0.810. The second-order valence-electron chi connectivity index (χ2n) is 4.20. The molecule has 0 aromatic rings. The molecule has 1 amide bonds. The normalized spacial score (nSPS) is 19.4. The molecule has 1 rings (SSSR count). The summed E-state index contributed by atoms with van der Waals surface area (Å²) < 4.78 is 4.71. The quantitative estimate of drug-likeness (QED) is 0.723. The molecule has 5 nitrogen and oxygen atoms in total. The van der Waals surface area contributed by atoms with Gasteiger partial charge >= 0.3 is 6.09 Å². The average molecular weight is 215 g/mol. The summed E-state index contributed by atoms with van der Waals surface area (Å²) in [6.07, 6.45) is 1.69. The van der Waals surface area contributed by atoms with Crippen molar-refractivity contribution in [1.29, 1.82) is 0 Å². The molecule has 0 bridgehead atoms. The fourth-order valence-electron chi connectivity index (χ4n) is 1.93. The molecule has 1 heterocycles. The molecule has 0 aromatic heterocycles. The molecule has 88 valence electrons. The van der Waals surface area contributed by atoms with Crippen LogP contribution in [0.2, 0.25) is 0 Å². The molecular weight excluding hydrogens is 194 g/mol. The van der Waals surface area contributed by atoms with Crippen molar-refractivity contribution in [2.45, 2.75) is 18.9 Å². The minimum Gasteiger partial charge on any atom is -0.448 e. The van der Waals surface area contributed by atoms with Crippen molar-refractivity contribution in [1.82, 2.24) is 9.80 Å². The Bertz CT molecular complexity index is 201. The Morgan fingerprint density at radius 1 is 1.47 bits per heavy atom. The molecule has 1 saturated heterocycles. The van der Waals surface area contributed by atoms with Crippen molar-refractivity contribution in [3.8, 4) is 0 Å². The minimum absolute atomic E-state index is 0.405. The summed E-state index contributed by atoms with van der Waals surface area (Å²) in [7, 11) is 4.24. The lowest BCUT2D eigenvalue weighted by Gasteiger charge is -2.34. The van der Waals surface area contributed by atoms with Gasteiger partial charge in [-0.15, -0.1) is 0 Å². The largest absolute Gasteiger partial charge is 0.448 e. The molecule has 0 aromatic carbocycles. The molecule has 1 aliphatic heterocycles. The van der Waals surface area contributed by atoms with E-state index in [1.54, 1.807) is 0 Å². The predicted molar refractivity (Wildman–Crippen MR) is 58.7 cm³/mol. The van der Waals surface area contributed by atoms with Gasteiger partial charge in [0.1, 0.15) is 6.61 Å². The molecule has 0 radical (unpaired) electrons. The van der Waals surface area contributed by atoms with Gasteiger partial charge in [-0.1, -0.05) is 0 Å². The van der Waals surface area contributed by atoms with Gasteiger partial charge < -0.3 is 15.4 Å². The Morgan fingerprint density at radius 2 is 2.07 bits per heavy atom. The van der Waals surface area contributed by atoms with Gasteiger partial charge in [0.25, 0.3) is 0 Å². The van der Waals surface area contributed by atoms with Crippen LogP contribution in [0.3, 0.4) is 0 Å². The number of carbonyl (C=O) groups excluding carboxylic acids is 1. The number of likely N-dealkylation sites (tertiary alicyclic amines) is 1. The maximum absolute atomic E-state index is 10.4. The Balaban J connectivity index is 2.12. The molecule has 2 N–H and O–H groups in total. The summed E-state index contributed by atoms with van der Waals surface area (Å²) in [6, 6.07) is 0.693. The second-order valence-corrected chi connectivity index (χ2v) is 4.20. The highest BCUT2D eigenvalue weighted by Gasteiger charge is 2.20. The van der Waals surface area contributed by atoms with Gasteiger partial charge in [-0.2, -0.15) is 0 Å². The maximum atomic E-state index is 10.4. The van der Waals surface area contributed by atoms with E-state index in [0.717, 1.165) is 19.6 Å². The van der Waals surface area contributed by atoms with E-state index in [2.05, 4.69) is 23.9 Å². The van der Waals surface area contributed by atoms with E-state index in [0.29, 0.717) is 12.6 Å². The van der Waals surface area contributed by atoms with Crippen molar-refractivity contribution >= 4 is 6.09 Å². The van der Waals surface area contributed by atoms with Gasteiger partial charge in [0.15, 0.2) is 0 Å². The van der Waals surface area contributed by atoms with E-state index in [1.165, 1.54) is 12.8 Å². The van der Waals surface area contributed by atoms with E-state index in [9.17, 15) is 4.79 Å². The van der Waals surface area contributed by atoms with E-state index in [1.807, 2.05) is 0 Å². The zero-order valence-electron chi connectivity index (χ0n) is 9.61. The summed E-state index contributed by atoms with van der Waals surface area (Å²) in [6.45, 7) is 3.35. The highest BCUT2D eigenvalue weighted by atomic mass is 16.5. The molecule has 1 aliphatic rings. The SMILES string of the molecule is CN(C)C1CCN(CCOC(N)=O)CC1. The van der Waals surface area contributed by atoms with Crippen molar-refractivity contribution < 1.29 is 9.53 Å². The van der Waals surface area contributed by atoms with Crippen LogP contribution in [-0.4, -0.2) is 62.3 Å². The summed E-state index contributed by atoms with van der Waals surface area (Å²) in [5.41, 5.74) is 4.88. The van der Waals surface area contributed by atoms with Crippen molar-refractivity contribution in [3.05, 3.63) is 0 Å². The molecule has 1 fully saturated rings. The van der Waals surface area contributed by atoms with Crippen LogP contribution in [-0.2, 0) is 4.74 Å². The molecular formula is C10H21N3O2. The van der Waals surface area contributed by atoms with Crippen LogP contribution < -0.4 is 5.73 Å². The fourth-order valence-corrected chi connectivity index (χ4v) is 1.93. The number of carbonyl (C=O) groups is 1. The number of hydrogen-bond acceptors (Lipinski definition) is 4. The Kier molecular flexibility index (Phi) is 4.84. The third kappa shape index (κ3) is 4.48. The van der Waals surface area contributed by atoms with Crippen LogP contribution in [0.15, 0.2) is 0 Å². The number of ether oxygens (including phenoxy) is 1. The maximum Gasteiger partial charge on any atom is 0.404 e. The minimum atomic E-state index is -0.682. The van der Waals surface area contributed by atoms with Gasteiger partial charge in [0.2, 0.25) is 0 Å². The topological polar surface area (TPSA) is 58.8 Å². The summed E-state index contributed by atoms with van der Waals surface area (Å²) >= 11 is 0. The fraction of sp³-hybridized carbons (Fsp3) is 0.900. The molecule has 0 atom stereocenters. The number of nitrogens with zero attached hydrogens (tertiary/aromatic N) is 2. The van der Waals surface area contributed by atoms with Gasteiger partial charge in [-0.05, 0) is 40.0 Å². The van der Waals surface area contributed by atoms with Gasteiger partial charge in [-0.25, -0.2) is 4.79 Å². The standard InChI is InChI=1S/C10H21N3O2/c1-12(2)9-3-5-13(6-4-9)7-8-15-10(11)14/h9H,3-8H2,1-2H3,(H2,11,14). The van der Waals surface area contributed by atoms with Crippen LogP contribution in [0.25, 0.3) is 0 Å².